The molecule has 0 aromatic heterocycles. The molecule has 15 heteroatoms. The molecule has 3 aliphatic heterocycles. The average molecular weight is 621 g/mol. The molecule has 15 nitrogen and oxygen atoms in total. The van der Waals surface area contributed by atoms with Crippen molar-refractivity contribution in [1.82, 2.24) is 10.6 Å². The third-order valence-electron chi connectivity index (χ3n) is 8.09. The van der Waals surface area contributed by atoms with E-state index in [0.717, 1.165) is 64.1 Å². The van der Waals surface area contributed by atoms with Gasteiger partial charge in [0.15, 0.2) is 12.6 Å². The van der Waals surface area contributed by atoms with Gasteiger partial charge in [0.1, 0.15) is 30.2 Å². The molecule has 0 aromatic rings. The molecule has 2 saturated heterocycles. The van der Waals surface area contributed by atoms with E-state index < -0.39 is 49.1 Å². The first-order chi connectivity index (χ1) is 20.8. The highest BCUT2D eigenvalue weighted by Crippen LogP contribution is 2.31. The van der Waals surface area contributed by atoms with Crippen molar-refractivity contribution in [2.45, 2.75) is 112 Å². The summed E-state index contributed by atoms with van der Waals surface area (Å²) in [6.07, 6.45) is 1.86. The van der Waals surface area contributed by atoms with Crippen LogP contribution in [0.25, 0.3) is 0 Å². The van der Waals surface area contributed by atoms with E-state index in [1.165, 1.54) is 0 Å². The molecule has 1 saturated carbocycles. The SMILES string of the molecule is NCCCNCC1=CCCCO1.NC[C@@H]1O[C@H](O[C@H]2CC(OC3CC(N)CC(NCCO)C3)OC2CO)[C@H](N)C(O)[C@@H]1O. The number of nitrogens with one attached hydrogen (secondary N) is 2. The van der Waals surface area contributed by atoms with Gasteiger partial charge in [-0.25, -0.2) is 0 Å². The second-order valence-corrected chi connectivity index (χ2v) is 11.6. The van der Waals surface area contributed by atoms with Gasteiger partial charge in [-0.1, -0.05) is 0 Å². The fourth-order valence-electron chi connectivity index (χ4n) is 5.75. The van der Waals surface area contributed by atoms with Crippen molar-refractivity contribution in [3.63, 3.8) is 0 Å². The maximum absolute atomic E-state index is 10.2. The van der Waals surface area contributed by atoms with Crippen LogP contribution >= 0.6 is 0 Å². The Bertz CT molecular complexity index is 800. The van der Waals surface area contributed by atoms with Crippen LogP contribution in [-0.2, 0) is 23.7 Å². The van der Waals surface area contributed by atoms with E-state index in [9.17, 15) is 15.3 Å². The van der Waals surface area contributed by atoms with Crippen molar-refractivity contribution >= 4 is 0 Å². The van der Waals surface area contributed by atoms with Crippen molar-refractivity contribution in [3.05, 3.63) is 11.8 Å². The zero-order chi connectivity index (χ0) is 31.2. The maximum Gasteiger partial charge on any atom is 0.176 e. The van der Waals surface area contributed by atoms with Crippen molar-refractivity contribution in [3.8, 4) is 0 Å². The zero-order valence-corrected chi connectivity index (χ0v) is 25.2. The number of nitrogens with two attached hydrogens (primary N) is 4. The van der Waals surface area contributed by atoms with Crippen molar-refractivity contribution < 1.29 is 44.1 Å². The van der Waals surface area contributed by atoms with E-state index in [1.807, 2.05) is 0 Å². The molecule has 0 spiro atoms. The molecule has 4 aliphatic rings. The molecule has 6 unspecified atom stereocenters. The first-order valence-electron chi connectivity index (χ1n) is 15.7. The van der Waals surface area contributed by atoms with E-state index in [4.69, 9.17) is 51.7 Å². The van der Waals surface area contributed by atoms with Crippen molar-refractivity contribution in [1.29, 1.82) is 0 Å². The van der Waals surface area contributed by atoms with Gasteiger partial charge in [-0.05, 0) is 57.7 Å². The van der Waals surface area contributed by atoms with Crippen molar-refractivity contribution in [2.75, 3.05) is 52.5 Å². The highest BCUT2D eigenvalue weighted by atomic mass is 16.7. The van der Waals surface area contributed by atoms with Crippen LogP contribution in [0.4, 0.5) is 0 Å². The summed E-state index contributed by atoms with van der Waals surface area (Å²) in [7, 11) is 0. The molecule has 11 atom stereocenters. The lowest BCUT2D eigenvalue weighted by atomic mass is 9.89. The predicted octanol–water partition coefficient (Wildman–Crippen LogP) is -3.32. The molecule has 0 radical (unpaired) electrons. The normalized spacial score (nSPS) is 38.1. The van der Waals surface area contributed by atoms with Crippen LogP contribution in [0.15, 0.2) is 11.8 Å². The minimum atomic E-state index is -1.25. The minimum absolute atomic E-state index is 0.00540. The average Bonchev–Trinajstić information content (AvgIpc) is 3.39. The van der Waals surface area contributed by atoms with Gasteiger partial charge in [0, 0.05) is 31.6 Å². The third-order valence-corrected chi connectivity index (χ3v) is 8.09. The van der Waals surface area contributed by atoms with E-state index in [0.29, 0.717) is 19.4 Å². The molecule has 252 valence electrons. The van der Waals surface area contributed by atoms with Crippen LogP contribution < -0.4 is 33.6 Å². The Kier molecular flexibility index (Phi) is 16.5. The summed E-state index contributed by atoms with van der Waals surface area (Å²) < 4.78 is 28.9. The Hall–Kier alpha value is -1.02. The Balaban J connectivity index is 0.000000353. The van der Waals surface area contributed by atoms with Crippen LogP contribution in [0.5, 0.6) is 0 Å². The summed E-state index contributed by atoms with van der Waals surface area (Å²) in [4.78, 5) is 0. The second-order valence-electron chi connectivity index (χ2n) is 11.6. The fraction of sp³-hybridized carbons (Fsp3) is 0.929. The molecule has 43 heavy (non-hydrogen) atoms. The first kappa shape index (κ1) is 36.4. The third kappa shape index (κ3) is 11.7. The summed E-state index contributed by atoms with van der Waals surface area (Å²) in [5, 5.41) is 45.5. The van der Waals surface area contributed by atoms with E-state index >= 15 is 0 Å². The molecule has 4 rings (SSSR count). The highest BCUT2D eigenvalue weighted by molar-refractivity contribution is 4.98. The zero-order valence-electron chi connectivity index (χ0n) is 25.2. The lowest BCUT2D eigenvalue weighted by Crippen LogP contribution is -2.63. The Morgan fingerprint density at radius 3 is 2.44 bits per heavy atom. The van der Waals surface area contributed by atoms with Crippen LogP contribution in [-0.4, -0.2) is 140 Å². The summed E-state index contributed by atoms with van der Waals surface area (Å²) in [6, 6.07) is -0.851. The Labute approximate surface area is 254 Å². The molecule has 0 bridgehead atoms. The van der Waals surface area contributed by atoms with E-state index in [-0.39, 0.29) is 37.9 Å². The molecule has 3 heterocycles. The lowest BCUT2D eigenvalue weighted by Gasteiger charge is -2.41. The summed E-state index contributed by atoms with van der Waals surface area (Å²) in [5.41, 5.74) is 23.1. The van der Waals surface area contributed by atoms with Gasteiger partial charge < -0.3 is 77.7 Å². The Morgan fingerprint density at radius 2 is 1.77 bits per heavy atom. The van der Waals surface area contributed by atoms with Gasteiger partial charge in [0.25, 0.3) is 0 Å². The van der Waals surface area contributed by atoms with Crippen molar-refractivity contribution in [2.24, 2.45) is 22.9 Å². The van der Waals surface area contributed by atoms with Gasteiger partial charge in [-0.3, -0.25) is 0 Å². The fourth-order valence-corrected chi connectivity index (χ4v) is 5.75. The van der Waals surface area contributed by atoms with Crippen LogP contribution in [0.1, 0.15) is 44.9 Å². The maximum atomic E-state index is 10.2. The van der Waals surface area contributed by atoms with Gasteiger partial charge in [-0.2, -0.15) is 0 Å². The standard InChI is InChI=1S/C19H38N4O8.C9H18N2O/c20-7-13-17(26)18(27)16(22)19(31-13)30-12-6-15(29-14(12)8-25)28-11-4-9(21)3-10(5-11)23-1-2-24;10-5-3-6-11-8-9-4-1-2-7-12-9/h9-19,23-27H,1-8,20-22H2;4,11H,1-3,5-8,10H2/t9?,10?,11?,12-,13-,14?,15?,16+,17+,18?,19-;/m0./s1. The van der Waals surface area contributed by atoms with E-state index in [2.05, 4.69) is 16.7 Å². The monoisotopic (exact) mass is 620 g/mol. The van der Waals surface area contributed by atoms with Gasteiger partial charge >= 0.3 is 0 Å². The topological polar surface area (TPSA) is 255 Å². The number of rotatable bonds is 14. The van der Waals surface area contributed by atoms with Gasteiger partial charge in [-0.15, -0.1) is 0 Å². The van der Waals surface area contributed by atoms with Crippen LogP contribution in [0.3, 0.4) is 0 Å². The number of aliphatic hydroxyl groups excluding tert-OH is 4. The molecule has 0 aromatic carbocycles. The van der Waals surface area contributed by atoms with Crippen LogP contribution in [0, 0.1) is 0 Å². The number of hydrogen-bond donors (Lipinski definition) is 10. The summed E-state index contributed by atoms with van der Waals surface area (Å²) >= 11 is 0. The molecule has 3 fully saturated rings. The summed E-state index contributed by atoms with van der Waals surface area (Å²) in [6.45, 7) is 3.74. The molecule has 14 N–H and O–H groups in total. The number of aliphatic hydroxyl groups is 4. The smallest absolute Gasteiger partial charge is 0.176 e. The largest absolute Gasteiger partial charge is 0.497 e. The highest BCUT2D eigenvalue weighted by Gasteiger charge is 2.46. The first-order valence-corrected chi connectivity index (χ1v) is 15.7. The van der Waals surface area contributed by atoms with Gasteiger partial charge in [0.2, 0.25) is 0 Å². The Morgan fingerprint density at radius 1 is 0.953 bits per heavy atom. The molecule has 1 aliphatic carbocycles. The number of allylic oxidation sites excluding steroid dienone is 1. The van der Waals surface area contributed by atoms with Gasteiger partial charge in [0.05, 0.1) is 44.6 Å². The molecule has 0 amide bonds. The van der Waals surface area contributed by atoms with E-state index in [1.54, 1.807) is 0 Å². The molecular weight excluding hydrogens is 564 g/mol. The van der Waals surface area contributed by atoms with Crippen LogP contribution in [0.2, 0.25) is 0 Å². The summed E-state index contributed by atoms with van der Waals surface area (Å²) in [5.74, 6) is 1.10. The lowest BCUT2D eigenvalue weighted by molar-refractivity contribution is -0.274. The quantitative estimate of drug-likeness (QED) is 0.0853. The second kappa shape index (κ2) is 19.5. The number of ether oxygens (including phenoxy) is 5. The predicted molar refractivity (Wildman–Crippen MR) is 158 cm³/mol. The molecular formula is C28H56N6O9. The number of hydrogen-bond acceptors (Lipinski definition) is 15. The minimum Gasteiger partial charge on any atom is -0.497 e.